The molecule has 0 spiro atoms. The summed E-state index contributed by atoms with van der Waals surface area (Å²) in [5.74, 6) is -0.804. The van der Waals surface area contributed by atoms with Crippen molar-refractivity contribution in [2.45, 2.75) is 12.5 Å². The van der Waals surface area contributed by atoms with Crippen LogP contribution in [0.25, 0.3) is 10.9 Å². The lowest BCUT2D eigenvalue weighted by atomic mass is 10.1. The van der Waals surface area contributed by atoms with Crippen LogP contribution in [0.2, 0.25) is 0 Å². The van der Waals surface area contributed by atoms with E-state index in [1.54, 1.807) is 24.4 Å². The van der Waals surface area contributed by atoms with E-state index in [9.17, 15) is 14.3 Å². The standard InChI is InChI=1S/C15H15FN4O2/c16-12-3-1-2-9-4-13(20-14(9)12)15(22)19-11(7-21)5-10-6-17-8-18-10/h1-4,6,8,11,20-21H,5,7H2,(H,17,18)(H,19,22)/t11-/m0/s1. The van der Waals surface area contributed by atoms with Gasteiger partial charge in [0.1, 0.15) is 11.5 Å². The van der Waals surface area contributed by atoms with E-state index in [4.69, 9.17) is 0 Å². The molecule has 4 N–H and O–H groups in total. The van der Waals surface area contributed by atoms with Gasteiger partial charge in [0.2, 0.25) is 0 Å². The third-order valence-electron chi connectivity index (χ3n) is 3.43. The highest BCUT2D eigenvalue weighted by Gasteiger charge is 2.16. The maximum atomic E-state index is 13.6. The molecule has 3 rings (SSSR count). The molecule has 22 heavy (non-hydrogen) atoms. The number of benzene rings is 1. The smallest absolute Gasteiger partial charge is 0.268 e. The van der Waals surface area contributed by atoms with Crippen molar-refractivity contribution in [3.63, 3.8) is 0 Å². The van der Waals surface area contributed by atoms with E-state index < -0.39 is 17.8 Å². The molecule has 114 valence electrons. The number of hydrogen-bond acceptors (Lipinski definition) is 3. The zero-order valence-corrected chi connectivity index (χ0v) is 11.6. The molecule has 3 aromatic rings. The Balaban J connectivity index is 1.75. The number of rotatable bonds is 5. The predicted molar refractivity (Wildman–Crippen MR) is 78.9 cm³/mol. The summed E-state index contributed by atoms with van der Waals surface area (Å²) < 4.78 is 13.6. The van der Waals surface area contributed by atoms with Gasteiger partial charge in [-0.1, -0.05) is 12.1 Å². The quantitative estimate of drug-likeness (QED) is 0.573. The number of para-hydroxylation sites is 1. The number of nitrogens with one attached hydrogen (secondary N) is 3. The van der Waals surface area contributed by atoms with Gasteiger partial charge in [-0.2, -0.15) is 0 Å². The predicted octanol–water partition coefficient (Wildman–Crippen LogP) is 1.36. The van der Waals surface area contributed by atoms with Crippen molar-refractivity contribution in [2.75, 3.05) is 6.61 Å². The highest BCUT2D eigenvalue weighted by molar-refractivity contribution is 5.98. The molecule has 0 fully saturated rings. The molecule has 0 aliphatic rings. The van der Waals surface area contributed by atoms with Crippen molar-refractivity contribution >= 4 is 16.8 Å². The number of imidazole rings is 1. The minimum absolute atomic E-state index is 0.209. The lowest BCUT2D eigenvalue weighted by molar-refractivity contribution is 0.0912. The third-order valence-corrected chi connectivity index (χ3v) is 3.43. The number of halogens is 1. The summed E-state index contributed by atoms with van der Waals surface area (Å²) in [5, 5.41) is 12.7. The van der Waals surface area contributed by atoms with Crippen molar-refractivity contribution in [1.82, 2.24) is 20.3 Å². The second-order valence-corrected chi connectivity index (χ2v) is 5.02. The number of nitrogens with zero attached hydrogens (tertiary/aromatic N) is 1. The second-order valence-electron chi connectivity index (χ2n) is 5.02. The first-order valence-corrected chi connectivity index (χ1v) is 6.83. The van der Waals surface area contributed by atoms with E-state index in [-0.39, 0.29) is 12.3 Å². The van der Waals surface area contributed by atoms with Gasteiger partial charge in [0, 0.05) is 23.7 Å². The number of H-pyrrole nitrogens is 2. The first-order chi connectivity index (χ1) is 10.7. The van der Waals surface area contributed by atoms with Gasteiger partial charge in [-0.25, -0.2) is 9.37 Å². The van der Waals surface area contributed by atoms with E-state index in [0.29, 0.717) is 17.3 Å². The van der Waals surface area contributed by atoms with Crippen LogP contribution in [0.15, 0.2) is 36.8 Å². The van der Waals surface area contributed by atoms with E-state index in [1.807, 2.05) is 0 Å². The van der Waals surface area contributed by atoms with Crippen LogP contribution in [0.4, 0.5) is 4.39 Å². The van der Waals surface area contributed by atoms with Crippen molar-refractivity contribution in [2.24, 2.45) is 0 Å². The molecular formula is C15H15FN4O2. The van der Waals surface area contributed by atoms with Gasteiger partial charge >= 0.3 is 0 Å². The van der Waals surface area contributed by atoms with Gasteiger partial charge in [-0.15, -0.1) is 0 Å². The number of carbonyl (C=O) groups is 1. The topological polar surface area (TPSA) is 93.8 Å². The van der Waals surface area contributed by atoms with Gasteiger partial charge in [0.25, 0.3) is 5.91 Å². The van der Waals surface area contributed by atoms with Crippen LogP contribution in [-0.4, -0.2) is 38.6 Å². The molecule has 2 heterocycles. The maximum Gasteiger partial charge on any atom is 0.268 e. The third kappa shape index (κ3) is 2.84. The summed E-state index contributed by atoms with van der Waals surface area (Å²) in [4.78, 5) is 21.8. The number of aliphatic hydroxyl groups is 1. The van der Waals surface area contributed by atoms with Gasteiger partial charge in [0.05, 0.1) is 24.5 Å². The van der Waals surface area contributed by atoms with Gasteiger partial charge in [-0.3, -0.25) is 4.79 Å². The first kappa shape index (κ1) is 14.3. The van der Waals surface area contributed by atoms with E-state index >= 15 is 0 Å². The van der Waals surface area contributed by atoms with Crippen LogP contribution in [-0.2, 0) is 6.42 Å². The largest absolute Gasteiger partial charge is 0.394 e. The highest BCUT2D eigenvalue weighted by atomic mass is 19.1. The molecule has 0 bridgehead atoms. The lowest BCUT2D eigenvalue weighted by Gasteiger charge is -2.14. The molecule has 0 saturated carbocycles. The van der Waals surface area contributed by atoms with E-state index in [2.05, 4.69) is 20.3 Å². The number of aromatic nitrogens is 3. The van der Waals surface area contributed by atoms with Gasteiger partial charge in [-0.05, 0) is 12.1 Å². The van der Waals surface area contributed by atoms with Crippen molar-refractivity contribution in [1.29, 1.82) is 0 Å². The molecular weight excluding hydrogens is 287 g/mol. The zero-order chi connectivity index (χ0) is 15.5. The Hall–Kier alpha value is -2.67. The Morgan fingerprint density at radius 2 is 2.32 bits per heavy atom. The summed E-state index contributed by atoms with van der Waals surface area (Å²) in [6.45, 7) is -0.209. The van der Waals surface area contributed by atoms with E-state index in [0.717, 1.165) is 5.69 Å². The summed E-state index contributed by atoms with van der Waals surface area (Å²) >= 11 is 0. The number of aliphatic hydroxyl groups excluding tert-OH is 1. The Kier molecular flexibility index (Phi) is 3.88. The van der Waals surface area contributed by atoms with Gasteiger partial charge < -0.3 is 20.4 Å². The normalized spacial score (nSPS) is 12.5. The van der Waals surface area contributed by atoms with Crippen LogP contribution >= 0.6 is 0 Å². The number of hydrogen-bond donors (Lipinski definition) is 4. The van der Waals surface area contributed by atoms with Crippen LogP contribution < -0.4 is 5.32 Å². The summed E-state index contributed by atoms with van der Waals surface area (Å²) in [7, 11) is 0. The average Bonchev–Trinajstić information content (AvgIpc) is 3.16. The summed E-state index contributed by atoms with van der Waals surface area (Å²) in [6.07, 6.45) is 3.59. The molecule has 1 amide bonds. The minimum Gasteiger partial charge on any atom is -0.394 e. The fraction of sp³-hybridized carbons (Fsp3) is 0.200. The molecule has 0 radical (unpaired) electrons. The second kappa shape index (κ2) is 5.98. The lowest BCUT2D eigenvalue weighted by Crippen LogP contribution is -2.39. The Morgan fingerprint density at radius 3 is 3.00 bits per heavy atom. The van der Waals surface area contributed by atoms with Crippen molar-refractivity contribution < 1.29 is 14.3 Å². The number of amides is 1. The molecule has 6 nitrogen and oxygen atoms in total. The molecule has 1 atom stereocenters. The SMILES string of the molecule is O=C(N[C@H](CO)Cc1cnc[nH]1)c1cc2cccc(F)c2[nH]1. The monoisotopic (exact) mass is 302 g/mol. The fourth-order valence-corrected chi connectivity index (χ4v) is 2.33. The first-order valence-electron chi connectivity index (χ1n) is 6.83. The Morgan fingerprint density at radius 1 is 1.45 bits per heavy atom. The van der Waals surface area contributed by atoms with Crippen LogP contribution in [0.1, 0.15) is 16.2 Å². The molecule has 0 aliphatic heterocycles. The molecule has 0 unspecified atom stereocenters. The molecule has 0 aliphatic carbocycles. The van der Waals surface area contributed by atoms with Crippen molar-refractivity contribution in [3.05, 3.63) is 54.0 Å². The van der Waals surface area contributed by atoms with E-state index in [1.165, 1.54) is 12.4 Å². The number of carbonyl (C=O) groups excluding carboxylic acids is 1. The fourth-order valence-electron chi connectivity index (χ4n) is 2.33. The maximum absolute atomic E-state index is 13.6. The Labute approximate surface area is 125 Å². The van der Waals surface area contributed by atoms with Gasteiger partial charge in [0.15, 0.2) is 0 Å². The van der Waals surface area contributed by atoms with Crippen molar-refractivity contribution in [3.8, 4) is 0 Å². The highest BCUT2D eigenvalue weighted by Crippen LogP contribution is 2.18. The molecule has 2 aromatic heterocycles. The number of fused-ring (bicyclic) bond motifs is 1. The molecule has 7 heteroatoms. The Bertz CT molecular complexity index is 782. The zero-order valence-electron chi connectivity index (χ0n) is 11.6. The summed E-state index contributed by atoms with van der Waals surface area (Å²) in [6, 6.07) is 5.76. The summed E-state index contributed by atoms with van der Waals surface area (Å²) in [5.41, 5.74) is 1.35. The number of aromatic amines is 2. The average molecular weight is 302 g/mol. The van der Waals surface area contributed by atoms with Crippen LogP contribution in [0.3, 0.4) is 0 Å². The molecule has 0 saturated heterocycles. The molecule has 1 aromatic carbocycles. The van der Waals surface area contributed by atoms with Crippen LogP contribution in [0.5, 0.6) is 0 Å². The van der Waals surface area contributed by atoms with Crippen LogP contribution in [0, 0.1) is 5.82 Å². The minimum atomic E-state index is -0.454.